The molecular weight excluding hydrogens is 496 g/mol. The summed E-state index contributed by atoms with van der Waals surface area (Å²) >= 11 is 4.78. The molecule has 5 N–H and O–H groups in total. The highest BCUT2D eigenvalue weighted by Crippen LogP contribution is 2.27. The number of rotatable bonds is 10. The van der Waals surface area contributed by atoms with Crippen molar-refractivity contribution in [2.24, 2.45) is 5.90 Å². The predicted octanol–water partition coefficient (Wildman–Crippen LogP) is -0.0235. The van der Waals surface area contributed by atoms with Crippen LogP contribution < -0.4 is 26.7 Å². The first-order valence-corrected chi connectivity index (χ1v) is 11.7. The zero-order valence-electron chi connectivity index (χ0n) is 20.3. The second kappa shape index (κ2) is 12.8. The van der Waals surface area contributed by atoms with Crippen LogP contribution in [0.25, 0.3) is 5.69 Å². The summed E-state index contributed by atoms with van der Waals surface area (Å²) in [6.45, 7) is 3.29. The zero-order valence-corrected chi connectivity index (χ0v) is 21.1. The number of hydrogen-bond donors (Lipinski definition) is 4. The molecule has 1 aromatic heterocycles. The van der Waals surface area contributed by atoms with Crippen molar-refractivity contribution < 1.29 is 23.1 Å². The molecule has 2 aromatic rings. The van der Waals surface area contributed by atoms with Crippen LogP contribution in [0.3, 0.4) is 0 Å². The number of halogens is 2. The number of anilines is 1. The monoisotopic (exact) mass is 527 g/mol. The second-order valence-corrected chi connectivity index (χ2v) is 8.52. The first kappa shape index (κ1) is 27.6. The average molecular weight is 528 g/mol. The SMILES string of the molecule is CNC(NC)OC(C)CC(=O)N1CCN(c2c(F)cc(-n3cc(CNC(=S)ON)nn3)cc2F)CC1. The number of amides is 1. The number of hydrogen-bond acceptors (Lipinski definition) is 10. The number of benzene rings is 1. The van der Waals surface area contributed by atoms with Gasteiger partial charge in [0.15, 0.2) is 18.0 Å². The van der Waals surface area contributed by atoms with Crippen LogP contribution in [0.1, 0.15) is 19.0 Å². The molecule has 0 saturated carbocycles. The normalized spacial score (nSPS) is 14.8. The highest BCUT2D eigenvalue weighted by molar-refractivity contribution is 7.80. The van der Waals surface area contributed by atoms with Crippen LogP contribution in [0.4, 0.5) is 14.5 Å². The summed E-state index contributed by atoms with van der Waals surface area (Å²) < 4.78 is 36.9. The minimum absolute atomic E-state index is 0.0214. The van der Waals surface area contributed by atoms with Gasteiger partial charge in [-0.15, -0.1) is 5.10 Å². The molecule has 15 heteroatoms. The third-order valence-electron chi connectivity index (χ3n) is 5.63. The van der Waals surface area contributed by atoms with E-state index in [1.165, 1.54) is 23.0 Å². The average Bonchev–Trinajstić information content (AvgIpc) is 3.35. The maximum Gasteiger partial charge on any atom is 0.278 e. The molecule has 1 atom stereocenters. The zero-order chi connectivity index (χ0) is 26.2. The van der Waals surface area contributed by atoms with Gasteiger partial charge in [0.25, 0.3) is 5.17 Å². The van der Waals surface area contributed by atoms with Crippen molar-refractivity contribution in [2.75, 3.05) is 45.2 Å². The fourth-order valence-electron chi connectivity index (χ4n) is 3.81. The number of nitrogens with one attached hydrogen (secondary N) is 3. The van der Waals surface area contributed by atoms with Gasteiger partial charge in [-0.1, -0.05) is 5.21 Å². The predicted molar refractivity (Wildman–Crippen MR) is 132 cm³/mol. The van der Waals surface area contributed by atoms with Gasteiger partial charge >= 0.3 is 0 Å². The summed E-state index contributed by atoms with van der Waals surface area (Å²) in [6, 6.07) is 2.38. The van der Waals surface area contributed by atoms with Gasteiger partial charge in [0, 0.05) is 38.3 Å². The molecule has 1 fully saturated rings. The van der Waals surface area contributed by atoms with Crippen LogP contribution in [-0.2, 0) is 20.9 Å². The summed E-state index contributed by atoms with van der Waals surface area (Å²) in [4.78, 5) is 20.3. The molecule has 0 radical (unpaired) electrons. The van der Waals surface area contributed by atoms with E-state index in [0.29, 0.717) is 31.9 Å². The number of aromatic nitrogens is 3. The summed E-state index contributed by atoms with van der Waals surface area (Å²) in [5.41, 5.74) is 0.502. The molecule has 1 aliphatic rings. The van der Waals surface area contributed by atoms with Crippen LogP contribution in [-0.4, -0.2) is 83.7 Å². The Morgan fingerprint density at radius 3 is 2.42 bits per heavy atom. The Kier molecular flexibility index (Phi) is 9.83. The van der Waals surface area contributed by atoms with E-state index in [1.54, 1.807) is 23.9 Å². The highest BCUT2D eigenvalue weighted by atomic mass is 32.1. The van der Waals surface area contributed by atoms with E-state index < -0.39 is 11.6 Å². The molecule has 1 unspecified atom stereocenters. The van der Waals surface area contributed by atoms with Crippen LogP contribution in [0.2, 0.25) is 0 Å². The third kappa shape index (κ3) is 7.04. The molecule has 36 heavy (non-hydrogen) atoms. The number of ether oxygens (including phenoxy) is 1. The van der Waals surface area contributed by atoms with E-state index in [0.717, 1.165) is 0 Å². The number of thiocarbonyl (C=S) groups is 1. The van der Waals surface area contributed by atoms with Gasteiger partial charge in [-0.05, 0) is 33.2 Å². The number of nitrogens with zero attached hydrogens (tertiary/aromatic N) is 5. The van der Waals surface area contributed by atoms with Gasteiger partial charge in [0.2, 0.25) is 5.91 Å². The largest absolute Gasteiger partial charge is 0.381 e. The van der Waals surface area contributed by atoms with Crippen LogP contribution in [0, 0.1) is 11.6 Å². The lowest BCUT2D eigenvalue weighted by Crippen LogP contribution is -2.50. The molecule has 12 nitrogen and oxygen atoms in total. The summed E-state index contributed by atoms with van der Waals surface area (Å²) in [5, 5.41) is 16.4. The lowest BCUT2D eigenvalue weighted by Gasteiger charge is -2.37. The number of nitrogens with two attached hydrogens (primary N) is 1. The molecule has 1 saturated heterocycles. The van der Waals surface area contributed by atoms with Gasteiger partial charge in [0.1, 0.15) is 11.4 Å². The standard InChI is InChI=1S/C21H31F2N9O3S/c1-13(34-20(25-2)26-3)8-18(33)30-4-6-31(7-5-30)19-16(22)9-15(10-17(19)23)32-12-14(28-29-32)11-27-21(36)35-24/h9-10,12-13,20,25-26H,4-8,11,24H2,1-3H3,(H,27,36). The maximum absolute atomic E-state index is 15.0. The lowest BCUT2D eigenvalue weighted by atomic mass is 10.2. The fourth-order valence-corrected chi connectivity index (χ4v) is 3.88. The maximum atomic E-state index is 15.0. The first-order valence-electron chi connectivity index (χ1n) is 11.3. The molecule has 0 bridgehead atoms. The Balaban J connectivity index is 1.59. The molecule has 0 spiro atoms. The van der Waals surface area contributed by atoms with E-state index in [-0.39, 0.29) is 47.9 Å². The molecule has 1 aromatic carbocycles. The topological polar surface area (TPSA) is 135 Å². The minimum Gasteiger partial charge on any atom is -0.381 e. The molecule has 3 rings (SSSR count). The van der Waals surface area contributed by atoms with Crippen molar-refractivity contribution in [3.05, 3.63) is 35.7 Å². The van der Waals surface area contributed by atoms with Gasteiger partial charge in [-0.25, -0.2) is 13.5 Å². The van der Waals surface area contributed by atoms with Gasteiger partial charge in [-0.3, -0.25) is 15.4 Å². The van der Waals surface area contributed by atoms with Crippen molar-refractivity contribution in [2.45, 2.75) is 32.3 Å². The molecule has 198 valence electrons. The highest BCUT2D eigenvalue weighted by Gasteiger charge is 2.27. The molecule has 2 heterocycles. The van der Waals surface area contributed by atoms with E-state index in [1.807, 2.05) is 6.92 Å². The Bertz CT molecular complexity index is 1020. The van der Waals surface area contributed by atoms with Crippen LogP contribution in [0.15, 0.2) is 18.3 Å². The van der Waals surface area contributed by atoms with E-state index in [9.17, 15) is 13.6 Å². The number of piperazine rings is 1. The Labute approximate surface area is 213 Å². The molecule has 1 aliphatic heterocycles. The molecular formula is C21H31F2N9O3S. The molecule has 0 aliphatic carbocycles. The van der Waals surface area contributed by atoms with Gasteiger partial charge < -0.3 is 24.7 Å². The minimum atomic E-state index is -0.732. The van der Waals surface area contributed by atoms with E-state index >= 15 is 0 Å². The lowest BCUT2D eigenvalue weighted by molar-refractivity contribution is -0.136. The van der Waals surface area contributed by atoms with Crippen molar-refractivity contribution in [3.8, 4) is 5.69 Å². The van der Waals surface area contributed by atoms with Crippen LogP contribution >= 0.6 is 12.2 Å². The fraction of sp³-hybridized carbons (Fsp3) is 0.524. The summed E-state index contributed by atoms with van der Waals surface area (Å²) in [6.07, 6.45) is 1.05. The van der Waals surface area contributed by atoms with Gasteiger partial charge in [0.05, 0.1) is 31.0 Å². The second-order valence-electron chi connectivity index (χ2n) is 8.15. The van der Waals surface area contributed by atoms with E-state index in [2.05, 4.69) is 31.1 Å². The first-order chi connectivity index (χ1) is 17.2. The number of carbonyl (C=O) groups excluding carboxylic acids is 1. The van der Waals surface area contributed by atoms with Crippen molar-refractivity contribution >= 4 is 29.0 Å². The Hall–Kier alpha value is -2.98. The smallest absolute Gasteiger partial charge is 0.278 e. The van der Waals surface area contributed by atoms with Crippen molar-refractivity contribution in [1.82, 2.24) is 35.8 Å². The van der Waals surface area contributed by atoms with Crippen molar-refractivity contribution in [1.29, 1.82) is 0 Å². The van der Waals surface area contributed by atoms with Crippen LogP contribution in [0.5, 0.6) is 0 Å². The summed E-state index contributed by atoms with van der Waals surface area (Å²) in [5.74, 6) is 3.41. The molecule has 1 amide bonds. The van der Waals surface area contributed by atoms with Gasteiger partial charge in [-0.2, -0.15) is 5.90 Å². The number of carbonyl (C=O) groups is 1. The summed E-state index contributed by atoms with van der Waals surface area (Å²) in [7, 11) is 3.49. The van der Waals surface area contributed by atoms with Crippen molar-refractivity contribution in [3.63, 3.8) is 0 Å². The Morgan fingerprint density at radius 1 is 1.19 bits per heavy atom. The van der Waals surface area contributed by atoms with E-state index in [4.69, 9.17) is 22.9 Å². The Morgan fingerprint density at radius 2 is 1.83 bits per heavy atom. The third-order valence-corrected chi connectivity index (χ3v) is 5.87. The quantitative estimate of drug-likeness (QED) is 0.189.